The Hall–Kier alpha value is -0.530. The maximum atomic E-state index is 12.4. The Morgan fingerprint density at radius 2 is 1.94 bits per heavy atom. The molecule has 3 aliphatic rings. The third-order valence-electron chi connectivity index (χ3n) is 5.32. The van der Waals surface area contributed by atoms with E-state index in [-0.39, 0.29) is 0 Å². The largest absolute Gasteiger partial charge is 0.343 e. The number of fused-ring (bicyclic) bond motifs is 2. The van der Waals surface area contributed by atoms with E-state index in [9.17, 15) is 4.79 Å². The third-order valence-corrected chi connectivity index (χ3v) is 5.32. The van der Waals surface area contributed by atoms with Gasteiger partial charge in [0.05, 0.1) is 0 Å². The Morgan fingerprint density at radius 3 is 2.44 bits per heavy atom. The second kappa shape index (κ2) is 3.75. The lowest BCUT2D eigenvalue weighted by Gasteiger charge is -2.31. The number of rotatable bonds is 3. The Morgan fingerprint density at radius 1 is 1.19 bits per heavy atom. The van der Waals surface area contributed by atoms with Crippen LogP contribution in [0.15, 0.2) is 0 Å². The molecular weight excluding hydrogens is 198 g/mol. The minimum absolute atomic E-state index is 0.380. The van der Waals surface area contributed by atoms with Gasteiger partial charge in [0.1, 0.15) is 0 Å². The predicted octanol–water partition coefficient (Wildman–Crippen LogP) is 2.68. The molecule has 0 spiro atoms. The SMILES string of the molecule is C[C@@H](C1CC1)N(C)C(=O)[C@@H]1C[C@H]2CC[C@H]1C2. The summed E-state index contributed by atoms with van der Waals surface area (Å²) in [5.41, 5.74) is 0. The molecule has 0 radical (unpaired) electrons. The van der Waals surface area contributed by atoms with Crippen LogP contribution in [0, 0.1) is 23.7 Å². The van der Waals surface area contributed by atoms with Crippen LogP contribution in [-0.2, 0) is 4.79 Å². The van der Waals surface area contributed by atoms with Crippen LogP contribution < -0.4 is 0 Å². The molecule has 2 heteroatoms. The molecule has 90 valence electrons. The lowest BCUT2D eigenvalue weighted by Crippen LogP contribution is -2.41. The van der Waals surface area contributed by atoms with E-state index in [4.69, 9.17) is 0 Å². The summed E-state index contributed by atoms with van der Waals surface area (Å²) in [7, 11) is 2.03. The molecule has 0 aromatic heterocycles. The van der Waals surface area contributed by atoms with Crippen molar-refractivity contribution in [3.8, 4) is 0 Å². The van der Waals surface area contributed by atoms with E-state index in [0.29, 0.717) is 17.9 Å². The summed E-state index contributed by atoms with van der Waals surface area (Å²) in [6.45, 7) is 2.22. The van der Waals surface area contributed by atoms with Crippen LogP contribution in [0.25, 0.3) is 0 Å². The first-order valence-corrected chi connectivity index (χ1v) is 6.93. The maximum absolute atomic E-state index is 12.4. The second-order valence-electron chi connectivity index (χ2n) is 6.31. The quantitative estimate of drug-likeness (QED) is 0.717. The smallest absolute Gasteiger partial charge is 0.225 e. The van der Waals surface area contributed by atoms with Crippen LogP contribution in [0.2, 0.25) is 0 Å². The molecule has 0 saturated heterocycles. The molecule has 3 rings (SSSR count). The fourth-order valence-electron chi connectivity index (χ4n) is 3.90. The molecule has 16 heavy (non-hydrogen) atoms. The van der Waals surface area contributed by atoms with Gasteiger partial charge in [0.25, 0.3) is 0 Å². The van der Waals surface area contributed by atoms with Gasteiger partial charge in [-0.15, -0.1) is 0 Å². The molecule has 3 saturated carbocycles. The van der Waals surface area contributed by atoms with Gasteiger partial charge in [0.2, 0.25) is 5.91 Å². The second-order valence-corrected chi connectivity index (χ2v) is 6.31. The van der Waals surface area contributed by atoms with Crippen LogP contribution in [0.1, 0.15) is 45.4 Å². The molecule has 0 aliphatic heterocycles. The predicted molar refractivity (Wildman–Crippen MR) is 63.9 cm³/mol. The van der Waals surface area contributed by atoms with Crippen LogP contribution in [0.5, 0.6) is 0 Å². The van der Waals surface area contributed by atoms with Gasteiger partial charge in [0, 0.05) is 19.0 Å². The van der Waals surface area contributed by atoms with Crippen LogP contribution >= 0.6 is 0 Å². The summed E-state index contributed by atoms with van der Waals surface area (Å²) in [6.07, 6.45) is 7.88. The molecule has 0 aromatic carbocycles. The molecular formula is C14H23NO. The zero-order valence-corrected chi connectivity index (χ0v) is 10.5. The average Bonchev–Trinajstić information content (AvgIpc) is 2.94. The van der Waals surface area contributed by atoms with Gasteiger partial charge < -0.3 is 4.90 Å². The molecule has 3 fully saturated rings. The van der Waals surface area contributed by atoms with Crippen LogP contribution in [0.4, 0.5) is 0 Å². The van der Waals surface area contributed by atoms with Gasteiger partial charge in [-0.25, -0.2) is 0 Å². The van der Waals surface area contributed by atoms with Crippen molar-refractivity contribution in [1.29, 1.82) is 0 Å². The first-order valence-electron chi connectivity index (χ1n) is 6.93. The summed E-state index contributed by atoms with van der Waals surface area (Å²) < 4.78 is 0. The van der Waals surface area contributed by atoms with E-state index in [1.165, 1.54) is 38.5 Å². The molecule has 0 unspecified atom stereocenters. The first kappa shape index (κ1) is 10.6. The van der Waals surface area contributed by atoms with E-state index < -0.39 is 0 Å². The van der Waals surface area contributed by atoms with Crippen molar-refractivity contribution in [3.05, 3.63) is 0 Å². The van der Waals surface area contributed by atoms with Gasteiger partial charge in [-0.1, -0.05) is 6.42 Å². The molecule has 0 heterocycles. The summed E-state index contributed by atoms with van der Waals surface area (Å²) >= 11 is 0. The van der Waals surface area contributed by atoms with Crippen LogP contribution in [-0.4, -0.2) is 23.9 Å². The van der Waals surface area contributed by atoms with Crippen molar-refractivity contribution in [1.82, 2.24) is 4.90 Å². The van der Waals surface area contributed by atoms with E-state index in [0.717, 1.165) is 17.8 Å². The van der Waals surface area contributed by atoms with Crippen molar-refractivity contribution in [2.24, 2.45) is 23.7 Å². The molecule has 2 bridgehead atoms. The summed E-state index contributed by atoms with van der Waals surface area (Å²) in [4.78, 5) is 14.5. The van der Waals surface area contributed by atoms with E-state index in [1.807, 2.05) is 7.05 Å². The van der Waals surface area contributed by atoms with Gasteiger partial charge >= 0.3 is 0 Å². The van der Waals surface area contributed by atoms with E-state index >= 15 is 0 Å². The minimum atomic E-state index is 0.380. The van der Waals surface area contributed by atoms with Crippen molar-refractivity contribution in [2.75, 3.05) is 7.05 Å². The number of hydrogen-bond acceptors (Lipinski definition) is 1. The monoisotopic (exact) mass is 221 g/mol. The van der Waals surface area contributed by atoms with Crippen molar-refractivity contribution < 1.29 is 4.79 Å². The van der Waals surface area contributed by atoms with Crippen molar-refractivity contribution in [2.45, 2.75) is 51.5 Å². The Bertz CT molecular complexity index is 297. The molecule has 4 atom stereocenters. The highest BCUT2D eigenvalue weighted by Crippen LogP contribution is 2.49. The van der Waals surface area contributed by atoms with Gasteiger partial charge in [-0.3, -0.25) is 4.79 Å². The van der Waals surface area contributed by atoms with E-state index in [2.05, 4.69) is 11.8 Å². The fourth-order valence-corrected chi connectivity index (χ4v) is 3.90. The average molecular weight is 221 g/mol. The lowest BCUT2D eigenvalue weighted by molar-refractivity contribution is -0.138. The number of carbonyl (C=O) groups excluding carboxylic acids is 1. The summed E-state index contributed by atoms with van der Waals surface area (Å²) in [6, 6.07) is 0.478. The topological polar surface area (TPSA) is 20.3 Å². The number of nitrogens with zero attached hydrogens (tertiary/aromatic N) is 1. The molecule has 2 nitrogen and oxygen atoms in total. The number of carbonyl (C=O) groups is 1. The third kappa shape index (κ3) is 1.66. The highest BCUT2D eigenvalue weighted by molar-refractivity contribution is 5.79. The van der Waals surface area contributed by atoms with Gasteiger partial charge in [-0.05, 0) is 56.8 Å². The number of hydrogen-bond donors (Lipinski definition) is 0. The molecule has 0 aromatic rings. The summed E-state index contributed by atoms with van der Waals surface area (Å²) in [5, 5.41) is 0. The Kier molecular flexibility index (Phi) is 2.49. The zero-order chi connectivity index (χ0) is 11.3. The minimum Gasteiger partial charge on any atom is -0.343 e. The lowest BCUT2D eigenvalue weighted by atomic mass is 9.87. The maximum Gasteiger partial charge on any atom is 0.225 e. The zero-order valence-electron chi connectivity index (χ0n) is 10.5. The first-order chi connectivity index (χ1) is 7.66. The Labute approximate surface area is 98.4 Å². The molecule has 0 N–H and O–H groups in total. The van der Waals surface area contributed by atoms with Crippen molar-refractivity contribution >= 4 is 5.91 Å². The van der Waals surface area contributed by atoms with Gasteiger partial charge in [0.15, 0.2) is 0 Å². The normalized spacial score (nSPS) is 38.8. The van der Waals surface area contributed by atoms with Gasteiger partial charge in [-0.2, -0.15) is 0 Å². The fraction of sp³-hybridized carbons (Fsp3) is 0.929. The highest BCUT2D eigenvalue weighted by atomic mass is 16.2. The Balaban J connectivity index is 1.63. The van der Waals surface area contributed by atoms with Crippen LogP contribution in [0.3, 0.4) is 0 Å². The molecule has 3 aliphatic carbocycles. The highest BCUT2D eigenvalue weighted by Gasteiger charge is 2.45. The number of amides is 1. The van der Waals surface area contributed by atoms with E-state index in [1.54, 1.807) is 0 Å². The van der Waals surface area contributed by atoms with Crippen molar-refractivity contribution in [3.63, 3.8) is 0 Å². The molecule has 1 amide bonds. The standard InChI is InChI=1S/C14H23NO/c1-9(11-5-6-11)15(2)14(16)13-8-10-3-4-12(13)7-10/h9-13H,3-8H2,1-2H3/t9-,10-,12-,13+/m0/s1. The summed E-state index contributed by atoms with van der Waals surface area (Å²) in [5.74, 6) is 3.24.